The zero-order chi connectivity index (χ0) is 8.32. The minimum absolute atomic E-state index is 0.435. The van der Waals surface area contributed by atoms with E-state index in [1.165, 1.54) is 12.1 Å². The highest BCUT2D eigenvalue weighted by atomic mass is 14.7. The van der Waals surface area contributed by atoms with Gasteiger partial charge in [0.2, 0.25) is 0 Å². The minimum atomic E-state index is 0.435. The molecule has 0 saturated heterocycles. The maximum absolute atomic E-state index is 3.23. The van der Waals surface area contributed by atoms with Gasteiger partial charge in [0, 0.05) is 11.9 Å². The topological polar surface area (TPSA) is 15.8 Å². The van der Waals surface area contributed by atoms with Gasteiger partial charge in [0.05, 0.1) is 0 Å². The van der Waals surface area contributed by atoms with Crippen LogP contribution in [0.2, 0.25) is 0 Å². The van der Waals surface area contributed by atoms with Crippen LogP contribution in [0.15, 0.2) is 18.3 Å². The van der Waals surface area contributed by atoms with Crippen molar-refractivity contribution in [3.05, 3.63) is 24.0 Å². The number of nitrogens with one attached hydrogen (secondary N) is 1. The first-order valence-electron chi connectivity index (χ1n) is 4.26. The van der Waals surface area contributed by atoms with Crippen LogP contribution in [0.3, 0.4) is 0 Å². The van der Waals surface area contributed by atoms with E-state index in [0.717, 1.165) is 6.42 Å². The molecule has 0 unspecified atom stereocenters. The quantitative estimate of drug-likeness (QED) is 0.683. The van der Waals surface area contributed by atoms with E-state index < -0.39 is 0 Å². The van der Waals surface area contributed by atoms with Crippen molar-refractivity contribution < 1.29 is 0 Å². The van der Waals surface area contributed by atoms with E-state index in [1.54, 1.807) is 0 Å². The van der Waals surface area contributed by atoms with Crippen LogP contribution in [0.4, 0.5) is 0 Å². The van der Waals surface area contributed by atoms with Crippen LogP contribution in [0.25, 0.3) is 0 Å². The molecule has 0 atom stereocenters. The smallest absolute Gasteiger partial charge is 0.0152 e. The van der Waals surface area contributed by atoms with Crippen molar-refractivity contribution in [2.24, 2.45) is 5.41 Å². The molecular formula is C10H17N. The zero-order valence-corrected chi connectivity index (χ0v) is 7.65. The molecule has 0 aliphatic carbocycles. The summed E-state index contributed by atoms with van der Waals surface area (Å²) in [5, 5.41) is 0. The lowest BCUT2D eigenvalue weighted by Crippen LogP contribution is -2.13. The van der Waals surface area contributed by atoms with E-state index >= 15 is 0 Å². The molecule has 1 aromatic heterocycles. The third kappa shape index (κ3) is 2.41. The Morgan fingerprint density at radius 2 is 2.18 bits per heavy atom. The van der Waals surface area contributed by atoms with Crippen molar-refractivity contribution in [1.82, 2.24) is 4.98 Å². The summed E-state index contributed by atoms with van der Waals surface area (Å²) in [5.41, 5.74) is 1.78. The highest BCUT2D eigenvalue weighted by molar-refractivity contribution is 5.05. The molecule has 0 fully saturated rings. The lowest BCUT2D eigenvalue weighted by molar-refractivity contribution is 0.346. The standard InChI is InChI=1S/C10H17N/c1-4-10(2,3)8-9-6-5-7-11-9/h5-7,11H,4,8H2,1-3H3. The Hall–Kier alpha value is -0.720. The fourth-order valence-corrected chi connectivity index (χ4v) is 1.12. The van der Waals surface area contributed by atoms with Gasteiger partial charge in [0.25, 0.3) is 0 Å². The largest absolute Gasteiger partial charge is 0.365 e. The van der Waals surface area contributed by atoms with E-state index in [-0.39, 0.29) is 0 Å². The summed E-state index contributed by atoms with van der Waals surface area (Å²) < 4.78 is 0. The third-order valence-electron chi connectivity index (χ3n) is 2.29. The first kappa shape index (κ1) is 8.38. The second kappa shape index (κ2) is 3.12. The normalized spacial score (nSPS) is 11.9. The average molecular weight is 151 g/mol. The molecule has 1 aromatic rings. The van der Waals surface area contributed by atoms with Crippen molar-refractivity contribution >= 4 is 0 Å². The number of hydrogen-bond acceptors (Lipinski definition) is 0. The van der Waals surface area contributed by atoms with E-state index in [4.69, 9.17) is 0 Å². The first-order chi connectivity index (χ1) is 5.14. The SMILES string of the molecule is CCC(C)(C)Cc1ccc[nH]1. The maximum atomic E-state index is 3.23. The monoisotopic (exact) mass is 151 g/mol. The summed E-state index contributed by atoms with van der Waals surface area (Å²) in [4.78, 5) is 3.23. The van der Waals surface area contributed by atoms with Gasteiger partial charge in [0.15, 0.2) is 0 Å². The summed E-state index contributed by atoms with van der Waals surface area (Å²) in [5.74, 6) is 0. The molecule has 62 valence electrons. The Morgan fingerprint density at radius 3 is 2.64 bits per heavy atom. The summed E-state index contributed by atoms with van der Waals surface area (Å²) in [6.45, 7) is 6.84. The van der Waals surface area contributed by atoms with Crippen LogP contribution < -0.4 is 0 Å². The van der Waals surface area contributed by atoms with Crippen molar-refractivity contribution in [3.63, 3.8) is 0 Å². The predicted octanol–water partition coefficient (Wildman–Crippen LogP) is 2.99. The van der Waals surface area contributed by atoms with Crippen molar-refractivity contribution in [1.29, 1.82) is 0 Å². The van der Waals surface area contributed by atoms with Crippen LogP contribution in [0.1, 0.15) is 32.9 Å². The van der Waals surface area contributed by atoms with E-state index in [9.17, 15) is 0 Å². The minimum Gasteiger partial charge on any atom is -0.365 e. The predicted molar refractivity (Wildman–Crippen MR) is 48.6 cm³/mol. The lowest BCUT2D eigenvalue weighted by atomic mass is 9.85. The Morgan fingerprint density at radius 1 is 1.45 bits per heavy atom. The number of aromatic nitrogens is 1. The summed E-state index contributed by atoms with van der Waals surface area (Å²) in [6, 6.07) is 4.21. The van der Waals surface area contributed by atoms with Crippen molar-refractivity contribution in [2.75, 3.05) is 0 Å². The summed E-state index contributed by atoms with van der Waals surface area (Å²) in [6.07, 6.45) is 4.36. The number of rotatable bonds is 3. The number of hydrogen-bond donors (Lipinski definition) is 1. The maximum Gasteiger partial charge on any atom is 0.0152 e. The van der Waals surface area contributed by atoms with Crippen LogP contribution in [-0.4, -0.2) is 4.98 Å². The molecule has 0 saturated carbocycles. The highest BCUT2D eigenvalue weighted by Gasteiger charge is 2.15. The Kier molecular flexibility index (Phi) is 2.38. The molecule has 0 aliphatic rings. The van der Waals surface area contributed by atoms with Gasteiger partial charge < -0.3 is 4.98 Å². The van der Waals surface area contributed by atoms with Crippen LogP contribution in [-0.2, 0) is 6.42 Å². The van der Waals surface area contributed by atoms with Gasteiger partial charge in [-0.1, -0.05) is 27.2 Å². The Labute approximate surface area is 68.8 Å². The molecule has 0 amide bonds. The molecule has 1 heterocycles. The summed E-state index contributed by atoms with van der Waals surface area (Å²) in [7, 11) is 0. The highest BCUT2D eigenvalue weighted by Crippen LogP contribution is 2.24. The van der Waals surface area contributed by atoms with Gasteiger partial charge >= 0.3 is 0 Å². The molecule has 0 bridgehead atoms. The van der Waals surface area contributed by atoms with Gasteiger partial charge in [0.1, 0.15) is 0 Å². The first-order valence-corrected chi connectivity index (χ1v) is 4.26. The molecule has 1 rings (SSSR count). The third-order valence-corrected chi connectivity index (χ3v) is 2.29. The van der Waals surface area contributed by atoms with Crippen LogP contribution in [0, 0.1) is 5.41 Å². The lowest BCUT2D eigenvalue weighted by Gasteiger charge is -2.21. The zero-order valence-electron chi connectivity index (χ0n) is 7.65. The molecule has 11 heavy (non-hydrogen) atoms. The molecule has 0 spiro atoms. The van der Waals surface area contributed by atoms with Crippen molar-refractivity contribution in [3.8, 4) is 0 Å². The van der Waals surface area contributed by atoms with Gasteiger partial charge in [-0.25, -0.2) is 0 Å². The van der Waals surface area contributed by atoms with Gasteiger partial charge in [-0.3, -0.25) is 0 Å². The van der Waals surface area contributed by atoms with Gasteiger partial charge in [-0.2, -0.15) is 0 Å². The molecular weight excluding hydrogens is 134 g/mol. The Bertz CT molecular complexity index is 197. The fraction of sp³-hybridized carbons (Fsp3) is 0.600. The van der Waals surface area contributed by atoms with Crippen LogP contribution in [0.5, 0.6) is 0 Å². The average Bonchev–Trinajstić information content (AvgIpc) is 2.39. The second-order valence-corrected chi connectivity index (χ2v) is 3.89. The molecule has 1 N–H and O–H groups in total. The number of H-pyrrole nitrogens is 1. The van der Waals surface area contributed by atoms with E-state index in [0.29, 0.717) is 5.41 Å². The van der Waals surface area contributed by atoms with Crippen LogP contribution >= 0.6 is 0 Å². The molecule has 1 nitrogen and oxygen atoms in total. The van der Waals surface area contributed by atoms with Gasteiger partial charge in [-0.05, 0) is 24.0 Å². The van der Waals surface area contributed by atoms with Gasteiger partial charge in [-0.15, -0.1) is 0 Å². The van der Waals surface area contributed by atoms with E-state index in [1.807, 2.05) is 6.20 Å². The number of aromatic amines is 1. The second-order valence-electron chi connectivity index (χ2n) is 3.89. The molecule has 1 heteroatoms. The fourth-order valence-electron chi connectivity index (χ4n) is 1.12. The molecule has 0 radical (unpaired) electrons. The van der Waals surface area contributed by atoms with Crippen molar-refractivity contribution in [2.45, 2.75) is 33.6 Å². The Balaban J connectivity index is 2.56. The molecule has 0 aromatic carbocycles. The molecule has 0 aliphatic heterocycles. The van der Waals surface area contributed by atoms with E-state index in [2.05, 4.69) is 37.9 Å². The summed E-state index contributed by atoms with van der Waals surface area (Å²) >= 11 is 0.